The van der Waals surface area contributed by atoms with Crippen molar-refractivity contribution in [2.45, 2.75) is 26.1 Å². The van der Waals surface area contributed by atoms with Crippen molar-refractivity contribution >= 4 is 0 Å². The highest BCUT2D eigenvalue weighted by Gasteiger charge is 2.30. The fraction of sp³-hybridized carbons (Fsp3) is 0.174. The molecule has 0 spiro atoms. The van der Waals surface area contributed by atoms with Gasteiger partial charge in [-0.2, -0.15) is 23.4 Å². The number of hydrogen-bond donors (Lipinski definition) is 0. The van der Waals surface area contributed by atoms with Gasteiger partial charge in [0.1, 0.15) is 5.69 Å². The van der Waals surface area contributed by atoms with Gasteiger partial charge in [0.25, 0.3) is 0 Å². The molecule has 0 aliphatic heterocycles. The van der Waals surface area contributed by atoms with Crippen LogP contribution in [-0.2, 0) is 6.18 Å². The van der Waals surface area contributed by atoms with Crippen molar-refractivity contribution in [2.75, 3.05) is 0 Å². The third kappa shape index (κ3) is 4.01. The lowest BCUT2D eigenvalue weighted by Gasteiger charge is -2.14. The largest absolute Gasteiger partial charge is 0.416 e. The summed E-state index contributed by atoms with van der Waals surface area (Å²) in [5.74, 6) is 0. The molecular formula is C23H19F3N4O. The van der Waals surface area contributed by atoms with E-state index in [2.05, 4.69) is 10.2 Å². The molecule has 0 N–H and O–H groups in total. The van der Waals surface area contributed by atoms with Crippen molar-refractivity contribution in [3.8, 4) is 28.2 Å². The lowest BCUT2D eigenvalue weighted by molar-refractivity contribution is -0.137. The predicted octanol–water partition coefficient (Wildman–Crippen LogP) is 5.36. The molecule has 0 saturated heterocycles. The predicted molar refractivity (Wildman–Crippen MR) is 112 cm³/mol. The van der Waals surface area contributed by atoms with Crippen molar-refractivity contribution in [3.63, 3.8) is 0 Å². The summed E-state index contributed by atoms with van der Waals surface area (Å²) >= 11 is 0. The summed E-state index contributed by atoms with van der Waals surface area (Å²) < 4.78 is 42.4. The summed E-state index contributed by atoms with van der Waals surface area (Å²) in [5, 5.41) is 8.82. The van der Waals surface area contributed by atoms with Gasteiger partial charge in [0.2, 0.25) is 5.43 Å². The van der Waals surface area contributed by atoms with E-state index in [9.17, 15) is 18.0 Å². The summed E-state index contributed by atoms with van der Waals surface area (Å²) in [7, 11) is 0. The number of hydrogen-bond acceptors (Lipinski definition) is 3. The average molecular weight is 424 g/mol. The van der Waals surface area contributed by atoms with E-state index in [1.165, 1.54) is 29.1 Å². The first-order chi connectivity index (χ1) is 14.8. The third-order valence-corrected chi connectivity index (χ3v) is 4.83. The zero-order valence-electron chi connectivity index (χ0n) is 16.8. The monoisotopic (exact) mass is 424 g/mol. The molecule has 158 valence electrons. The number of alkyl halides is 3. The molecule has 8 heteroatoms. The molecule has 0 radical (unpaired) electrons. The Morgan fingerprint density at radius 3 is 2.39 bits per heavy atom. The topological polar surface area (TPSA) is 52.7 Å². The van der Waals surface area contributed by atoms with Crippen molar-refractivity contribution in [1.29, 1.82) is 0 Å². The minimum atomic E-state index is -4.48. The standard InChI is InChI=1S/C23H19F3N4O/c1-15(2)30-22(16-7-4-3-5-8-16)19(14-27-30)21-20(31)11-12-29(28-21)18-10-6-9-17(13-18)23(24,25)26/h3-15H,1-2H3. The van der Waals surface area contributed by atoms with Crippen LogP contribution in [0.15, 0.2) is 77.9 Å². The molecule has 0 saturated carbocycles. The zero-order valence-corrected chi connectivity index (χ0v) is 16.8. The first kappa shape index (κ1) is 20.6. The van der Waals surface area contributed by atoms with Gasteiger partial charge in [-0.3, -0.25) is 9.48 Å². The van der Waals surface area contributed by atoms with Crippen LogP contribution in [0.4, 0.5) is 13.2 Å². The quantitative estimate of drug-likeness (QED) is 0.443. The number of halogens is 3. The first-order valence-corrected chi connectivity index (χ1v) is 9.66. The normalized spacial score (nSPS) is 11.8. The molecular weight excluding hydrogens is 405 g/mol. The van der Waals surface area contributed by atoms with Crippen molar-refractivity contribution in [2.24, 2.45) is 0 Å². The van der Waals surface area contributed by atoms with Gasteiger partial charge in [0, 0.05) is 23.9 Å². The van der Waals surface area contributed by atoms with Gasteiger partial charge in [0.15, 0.2) is 0 Å². The van der Waals surface area contributed by atoms with Crippen LogP contribution in [0.1, 0.15) is 25.5 Å². The SMILES string of the molecule is CC(C)n1ncc(-c2nn(-c3cccc(C(F)(F)F)c3)ccc2=O)c1-c1ccccc1. The van der Waals surface area contributed by atoms with E-state index in [1.54, 1.807) is 10.9 Å². The van der Waals surface area contributed by atoms with Gasteiger partial charge in [-0.05, 0) is 32.0 Å². The van der Waals surface area contributed by atoms with E-state index in [0.29, 0.717) is 5.56 Å². The van der Waals surface area contributed by atoms with Gasteiger partial charge >= 0.3 is 6.18 Å². The molecule has 5 nitrogen and oxygen atoms in total. The van der Waals surface area contributed by atoms with Crippen LogP contribution in [0.25, 0.3) is 28.2 Å². The van der Waals surface area contributed by atoms with Crippen LogP contribution in [-0.4, -0.2) is 19.6 Å². The lowest BCUT2D eigenvalue weighted by Crippen LogP contribution is -2.14. The Balaban J connectivity index is 1.89. The highest BCUT2D eigenvalue weighted by atomic mass is 19.4. The van der Waals surface area contributed by atoms with Crippen molar-refractivity contribution in [3.05, 3.63) is 88.8 Å². The lowest BCUT2D eigenvalue weighted by atomic mass is 10.0. The zero-order chi connectivity index (χ0) is 22.2. The Bertz CT molecular complexity index is 1270. The Labute approximate surface area is 176 Å². The molecule has 31 heavy (non-hydrogen) atoms. The molecule has 0 aliphatic carbocycles. The van der Waals surface area contributed by atoms with Gasteiger partial charge < -0.3 is 0 Å². The van der Waals surface area contributed by atoms with E-state index in [4.69, 9.17) is 0 Å². The van der Waals surface area contributed by atoms with Crippen LogP contribution in [0.3, 0.4) is 0 Å². The van der Waals surface area contributed by atoms with Crippen LogP contribution in [0.2, 0.25) is 0 Å². The Morgan fingerprint density at radius 2 is 1.71 bits per heavy atom. The molecule has 0 aliphatic rings. The van der Waals surface area contributed by atoms with Crippen LogP contribution in [0, 0.1) is 0 Å². The van der Waals surface area contributed by atoms with E-state index in [-0.39, 0.29) is 22.9 Å². The summed E-state index contributed by atoms with van der Waals surface area (Å²) in [6, 6.07) is 15.6. The molecule has 0 bridgehead atoms. The molecule has 2 heterocycles. The summed E-state index contributed by atoms with van der Waals surface area (Å²) in [4.78, 5) is 12.7. The maximum absolute atomic E-state index is 13.1. The average Bonchev–Trinajstić information content (AvgIpc) is 3.19. The molecule has 4 rings (SSSR count). The van der Waals surface area contributed by atoms with Gasteiger partial charge in [-0.1, -0.05) is 36.4 Å². The molecule has 0 atom stereocenters. The highest BCUT2D eigenvalue weighted by molar-refractivity contribution is 5.78. The second kappa shape index (κ2) is 7.86. The smallest absolute Gasteiger partial charge is 0.287 e. The summed E-state index contributed by atoms with van der Waals surface area (Å²) in [6.45, 7) is 3.95. The van der Waals surface area contributed by atoms with Crippen LogP contribution in [0.5, 0.6) is 0 Å². The maximum atomic E-state index is 13.1. The van der Waals surface area contributed by atoms with E-state index < -0.39 is 11.7 Å². The Morgan fingerprint density at radius 1 is 0.968 bits per heavy atom. The van der Waals surface area contributed by atoms with Gasteiger partial charge in [0.05, 0.1) is 28.7 Å². The number of aromatic nitrogens is 4. The van der Waals surface area contributed by atoms with Crippen LogP contribution < -0.4 is 5.43 Å². The van der Waals surface area contributed by atoms with Crippen LogP contribution >= 0.6 is 0 Å². The highest BCUT2D eigenvalue weighted by Crippen LogP contribution is 2.32. The maximum Gasteiger partial charge on any atom is 0.416 e. The molecule has 4 aromatic rings. The second-order valence-electron chi connectivity index (χ2n) is 7.33. The van der Waals surface area contributed by atoms with Gasteiger partial charge in [-0.15, -0.1) is 0 Å². The van der Waals surface area contributed by atoms with E-state index >= 15 is 0 Å². The van der Waals surface area contributed by atoms with E-state index in [1.807, 2.05) is 44.2 Å². The Hall–Kier alpha value is -3.68. The van der Waals surface area contributed by atoms with E-state index in [0.717, 1.165) is 23.4 Å². The minimum Gasteiger partial charge on any atom is -0.287 e. The molecule has 0 amide bonds. The molecule has 2 aromatic carbocycles. The van der Waals surface area contributed by atoms with Crippen molar-refractivity contribution < 1.29 is 13.2 Å². The third-order valence-electron chi connectivity index (χ3n) is 4.83. The fourth-order valence-corrected chi connectivity index (χ4v) is 3.37. The summed E-state index contributed by atoms with van der Waals surface area (Å²) in [5.41, 5.74) is 1.29. The number of benzene rings is 2. The second-order valence-corrected chi connectivity index (χ2v) is 7.33. The molecule has 2 aromatic heterocycles. The van der Waals surface area contributed by atoms with Gasteiger partial charge in [-0.25, -0.2) is 4.68 Å². The number of nitrogens with zero attached hydrogens (tertiary/aromatic N) is 4. The molecule has 0 unspecified atom stereocenters. The number of rotatable bonds is 4. The molecule has 0 fully saturated rings. The summed E-state index contributed by atoms with van der Waals surface area (Å²) in [6.07, 6.45) is -1.55. The fourth-order valence-electron chi connectivity index (χ4n) is 3.37. The van der Waals surface area contributed by atoms with Crippen molar-refractivity contribution in [1.82, 2.24) is 19.6 Å². The first-order valence-electron chi connectivity index (χ1n) is 9.66. The Kier molecular flexibility index (Phi) is 5.22. The minimum absolute atomic E-state index is 0.0263.